The highest BCUT2D eigenvalue weighted by Crippen LogP contribution is 2.34. The smallest absolute Gasteiger partial charge is 0.416 e. The lowest BCUT2D eigenvalue weighted by Gasteiger charge is -2.16. The van der Waals surface area contributed by atoms with Crippen LogP contribution in [0.1, 0.15) is 44.6 Å². The third-order valence-corrected chi connectivity index (χ3v) is 6.93. The molecule has 1 aromatic heterocycles. The van der Waals surface area contributed by atoms with Crippen molar-refractivity contribution >= 4 is 23.2 Å². The van der Waals surface area contributed by atoms with Crippen molar-refractivity contribution in [2.24, 2.45) is 5.92 Å². The van der Waals surface area contributed by atoms with Crippen LogP contribution >= 0.6 is 11.3 Å². The first-order valence-corrected chi connectivity index (χ1v) is 12.6. The van der Waals surface area contributed by atoms with E-state index < -0.39 is 11.7 Å². The summed E-state index contributed by atoms with van der Waals surface area (Å²) in [4.78, 5) is 25.0. The van der Waals surface area contributed by atoms with Gasteiger partial charge in [0.25, 0.3) is 5.91 Å². The number of rotatable bonds is 10. The van der Waals surface area contributed by atoms with Gasteiger partial charge < -0.3 is 14.8 Å². The molecule has 0 bridgehead atoms. The molecule has 5 nitrogen and oxygen atoms in total. The molecule has 0 aliphatic rings. The third-order valence-electron chi connectivity index (χ3n) is 5.82. The number of hydrogen-bond acceptors (Lipinski definition) is 5. The molecule has 3 aromatic rings. The van der Waals surface area contributed by atoms with E-state index in [4.69, 9.17) is 4.74 Å². The van der Waals surface area contributed by atoms with Crippen LogP contribution in [0.15, 0.2) is 48.5 Å². The first kappa shape index (κ1) is 28.2. The van der Waals surface area contributed by atoms with Crippen molar-refractivity contribution in [3.05, 3.63) is 75.0 Å². The molecule has 3 rings (SSSR count). The average Bonchev–Trinajstić information content (AvgIpc) is 3.30. The van der Waals surface area contributed by atoms with Gasteiger partial charge in [0, 0.05) is 11.4 Å². The molecule has 0 radical (unpaired) electrons. The van der Waals surface area contributed by atoms with Crippen molar-refractivity contribution < 1.29 is 32.2 Å². The minimum atomic E-state index is -4.36. The highest BCUT2D eigenvalue weighted by Gasteiger charge is 2.30. The summed E-state index contributed by atoms with van der Waals surface area (Å²) >= 11 is 1.41. The van der Waals surface area contributed by atoms with Gasteiger partial charge in [0.05, 0.1) is 30.6 Å². The maximum atomic E-state index is 12.9. The summed E-state index contributed by atoms with van der Waals surface area (Å²) in [6, 6.07) is 12.7. The number of alkyl halides is 3. The second-order valence-electron chi connectivity index (χ2n) is 8.98. The van der Waals surface area contributed by atoms with Crippen LogP contribution in [0.2, 0.25) is 0 Å². The molecular formula is C28H30F3NO4S. The zero-order chi connectivity index (χ0) is 27.2. The van der Waals surface area contributed by atoms with Gasteiger partial charge in [0.15, 0.2) is 0 Å². The van der Waals surface area contributed by atoms with E-state index in [0.717, 1.165) is 45.7 Å². The minimum absolute atomic E-state index is 0.124. The van der Waals surface area contributed by atoms with Crippen LogP contribution < -0.4 is 10.1 Å². The molecule has 1 atom stereocenters. The standard InChI is InChI=1S/C28H30F3NO4S/c1-17(13-23-9-10-24(37-23)27(34)32-12-11-25(33)35-4)16-36-22-14-18(2)26(19(3)15-22)20-5-7-21(8-6-20)28(29,30)31/h5-10,14-15,17H,11-13,16H2,1-4H3,(H,32,34). The zero-order valence-electron chi connectivity index (χ0n) is 21.2. The molecule has 0 aliphatic heterocycles. The van der Waals surface area contributed by atoms with Crippen LogP contribution in [0.4, 0.5) is 13.2 Å². The Balaban J connectivity index is 1.56. The van der Waals surface area contributed by atoms with E-state index in [1.165, 1.54) is 30.6 Å². The summed E-state index contributed by atoms with van der Waals surface area (Å²) < 4.78 is 49.3. The highest BCUT2D eigenvalue weighted by atomic mass is 32.1. The fraction of sp³-hybridized carbons (Fsp3) is 0.357. The second-order valence-corrected chi connectivity index (χ2v) is 10.1. The largest absolute Gasteiger partial charge is 0.493 e. The Bertz CT molecular complexity index is 1210. The molecule has 198 valence electrons. The Labute approximate surface area is 218 Å². The number of hydrogen-bond donors (Lipinski definition) is 1. The SMILES string of the molecule is COC(=O)CCNC(=O)c1ccc(CC(C)COc2cc(C)c(-c3ccc(C(F)(F)F)cc3)c(C)c2)s1. The van der Waals surface area contributed by atoms with E-state index in [-0.39, 0.29) is 30.8 Å². The van der Waals surface area contributed by atoms with E-state index in [2.05, 4.69) is 17.0 Å². The Morgan fingerprint density at radius 3 is 2.27 bits per heavy atom. The number of nitrogens with one attached hydrogen (secondary N) is 1. The van der Waals surface area contributed by atoms with Gasteiger partial charge in [-0.15, -0.1) is 11.3 Å². The highest BCUT2D eigenvalue weighted by molar-refractivity contribution is 7.14. The fourth-order valence-corrected chi connectivity index (χ4v) is 5.09. The molecule has 1 N–H and O–H groups in total. The number of amides is 1. The predicted molar refractivity (Wildman–Crippen MR) is 138 cm³/mol. The molecule has 37 heavy (non-hydrogen) atoms. The van der Waals surface area contributed by atoms with E-state index in [9.17, 15) is 22.8 Å². The van der Waals surface area contributed by atoms with E-state index in [0.29, 0.717) is 17.2 Å². The molecule has 1 unspecified atom stereocenters. The molecule has 1 heterocycles. The lowest BCUT2D eigenvalue weighted by Crippen LogP contribution is -2.25. The lowest BCUT2D eigenvalue weighted by atomic mass is 9.94. The number of thiophene rings is 1. The van der Waals surface area contributed by atoms with Crippen molar-refractivity contribution in [1.29, 1.82) is 0 Å². The number of carbonyl (C=O) groups is 2. The van der Waals surface area contributed by atoms with Gasteiger partial charge in [-0.25, -0.2) is 0 Å². The summed E-state index contributed by atoms with van der Waals surface area (Å²) in [6.45, 7) is 6.59. The Morgan fingerprint density at radius 1 is 1.03 bits per heavy atom. The van der Waals surface area contributed by atoms with Gasteiger partial charge in [-0.2, -0.15) is 13.2 Å². The van der Waals surface area contributed by atoms with Crippen LogP contribution in [-0.2, 0) is 22.1 Å². The van der Waals surface area contributed by atoms with Gasteiger partial charge in [-0.3, -0.25) is 9.59 Å². The summed E-state index contributed by atoms with van der Waals surface area (Å²) in [6.07, 6.45) is -3.50. The van der Waals surface area contributed by atoms with Crippen LogP contribution in [0, 0.1) is 19.8 Å². The van der Waals surface area contributed by atoms with Gasteiger partial charge in [-0.1, -0.05) is 19.1 Å². The number of aryl methyl sites for hydroxylation is 2. The van der Waals surface area contributed by atoms with Crippen molar-refractivity contribution in [3.8, 4) is 16.9 Å². The maximum absolute atomic E-state index is 12.9. The van der Waals surface area contributed by atoms with Crippen molar-refractivity contribution in [3.63, 3.8) is 0 Å². The van der Waals surface area contributed by atoms with E-state index in [1.54, 1.807) is 6.07 Å². The Kier molecular flexibility index (Phi) is 9.37. The normalized spacial score (nSPS) is 12.2. The van der Waals surface area contributed by atoms with Gasteiger partial charge >= 0.3 is 12.1 Å². The lowest BCUT2D eigenvalue weighted by molar-refractivity contribution is -0.140. The molecule has 0 aliphatic carbocycles. The monoisotopic (exact) mass is 533 g/mol. The average molecular weight is 534 g/mol. The first-order valence-electron chi connectivity index (χ1n) is 11.8. The number of benzene rings is 2. The van der Waals surface area contributed by atoms with Crippen molar-refractivity contribution in [1.82, 2.24) is 5.32 Å². The third kappa shape index (κ3) is 7.82. The van der Waals surface area contributed by atoms with Gasteiger partial charge in [0.2, 0.25) is 0 Å². The van der Waals surface area contributed by atoms with Crippen molar-refractivity contribution in [2.45, 2.75) is 39.8 Å². The van der Waals surface area contributed by atoms with Gasteiger partial charge in [-0.05, 0) is 84.8 Å². The Morgan fingerprint density at radius 2 is 1.68 bits per heavy atom. The van der Waals surface area contributed by atoms with Crippen molar-refractivity contribution in [2.75, 3.05) is 20.3 Å². The molecular weight excluding hydrogens is 503 g/mol. The quantitative estimate of drug-likeness (QED) is 0.298. The molecule has 0 saturated carbocycles. The zero-order valence-corrected chi connectivity index (χ0v) is 22.0. The van der Waals surface area contributed by atoms with E-state index >= 15 is 0 Å². The topological polar surface area (TPSA) is 64.6 Å². The number of methoxy groups -OCH3 is 1. The fourth-order valence-electron chi connectivity index (χ4n) is 4.01. The van der Waals surface area contributed by atoms with Crippen LogP contribution in [0.3, 0.4) is 0 Å². The van der Waals surface area contributed by atoms with Crippen LogP contribution in [0.5, 0.6) is 5.75 Å². The number of halogens is 3. The van der Waals surface area contributed by atoms with Crippen LogP contribution in [0.25, 0.3) is 11.1 Å². The van der Waals surface area contributed by atoms with Gasteiger partial charge in [0.1, 0.15) is 5.75 Å². The summed E-state index contributed by atoms with van der Waals surface area (Å²) in [5, 5.41) is 2.71. The summed E-state index contributed by atoms with van der Waals surface area (Å²) in [5.74, 6) is 0.294. The molecule has 0 spiro atoms. The first-order chi connectivity index (χ1) is 17.5. The molecule has 1 amide bonds. The molecule has 9 heteroatoms. The van der Waals surface area contributed by atoms with E-state index in [1.807, 2.05) is 32.0 Å². The second kappa shape index (κ2) is 12.3. The number of esters is 1. The number of ether oxygens (including phenoxy) is 2. The molecule has 0 saturated heterocycles. The minimum Gasteiger partial charge on any atom is -0.493 e. The molecule has 2 aromatic carbocycles. The van der Waals surface area contributed by atoms with Crippen LogP contribution in [-0.4, -0.2) is 32.1 Å². The maximum Gasteiger partial charge on any atom is 0.416 e. The Hall–Kier alpha value is -3.33. The predicted octanol–water partition coefficient (Wildman–Crippen LogP) is 6.60. The summed E-state index contributed by atoms with van der Waals surface area (Å²) in [7, 11) is 1.31. The summed E-state index contributed by atoms with van der Waals surface area (Å²) in [5.41, 5.74) is 2.79. The molecule has 0 fully saturated rings. The number of carbonyl (C=O) groups excluding carboxylic acids is 2.